The lowest BCUT2D eigenvalue weighted by Gasteiger charge is -1.79. The molecule has 0 unspecified atom stereocenters. The number of rotatable bonds is 1. The van der Waals surface area contributed by atoms with Crippen LogP contribution in [-0.2, 0) is 0 Å². The summed E-state index contributed by atoms with van der Waals surface area (Å²) in [6, 6.07) is 1.97. The molecule has 1 N–H and O–H groups in total. The summed E-state index contributed by atoms with van der Waals surface area (Å²) < 4.78 is 0. The Hall–Kier alpha value is -1.26. The summed E-state index contributed by atoms with van der Waals surface area (Å²) in [6.45, 7) is 0. The SMILES string of the molecule is N#Cc1[nH]ncc1C#CCCBr. The van der Waals surface area contributed by atoms with E-state index in [0.717, 1.165) is 11.8 Å². The molecule has 0 fully saturated rings. The van der Waals surface area contributed by atoms with Crippen molar-refractivity contribution in [3.05, 3.63) is 17.5 Å². The first-order valence-corrected chi connectivity index (χ1v) is 4.49. The smallest absolute Gasteiger partial charge is 0.151 e. The normalized spacial score (nSPS) is 8.33. The molecule has 3 nitrogen and oxygen atoms in total. The second-order valence-electron chi connectivity index (χ2n) is 2.01. The van der Waals surface area contributed by atoms with E-state index in [4.69, 9.17) is 5.26 Å². The minimum absolute atomic E-state index is 0.428. The third-order valence-corrected chi connectivity index (χ3v) is 1.59. The fraction of sp³-hybridized carbons (Fsp3) is 0.250. The highest BCUT2D eigenvalue weighted by Crippen LogP contribution is 1.99. The molecule has 0 bridgehead atoms. The quantitative estimate of drug-likeness (QED) is 0.579. The highest BCUT2D eigenvalue weighted by atomic mass is 79.9. The Balaban J connectivity index is 2.78. The van der Waals surface area contributed by atoms with Crippen molar-refractivity contribution < 1.29 is 0 Å². The number of aromatic amines is 1. The summed E-state index contributed by atoms with van der Waals surface area (Å²) >= 11 is 3.26. The largest absolute Gasteiger partial charge is 0.267 e. The number of hydrogen-bond donors (Lipinski definition) is 1. The number of nitrogens with one attached hydrogen (secondary N) is 1. The van der Waals surface area contributed by atoms with Gasteiger partial charge in [0.25, 0.3) is 0 Å². The number of alkyl halides is 1. The van der Waals surface area contributed by atoms with Crippen LogP contribution in [0.5, 0.6) is 0 Å². The van der Waals surface area contributed by atoms with E-state index in [0.29, 0.717) is 11.3 Å². The summed E-state index contributed by atoms with van der Waals surface area (Å²) in [6.07, 6.45) is 2.33. The van der Waals surface area contributed by atoms with Crippen LogP contribution in [0.4, 0.5) is 0 Å². The predicted molar refractivity (Wildman–Crippen MR) is 48.6 cm³/mol. The van der Waals surface area contributed by atoms with Gasteiger partial charge in [0.05, 0.1) is 11.8 Å². The first-order chi connectivity index (χ1) is 5.88. The van der Waals surface area contributed by atoms with E-state index in [9.17, 15) is 0 Å². The van der Waals surface area contributed by atoms with Crippen molar-refractivity contribution in [3.8, 4) is 17.9 Å². The lowest BCUT2D eigenvalue weighted by molar-refractivity contribution is 1.07. The van der Waals surface area contributed by atoms with E-state index in [1.807, 2.05) is 6.07 Å². The fourth-order valence-corrected chi connectivity index (χ4v) is 0.869. The van der Waals surface area contributed by atoms with Crippen molar-refractivity contribution in [3.63, 3.8) is 0 Å². The molecule has 4 heteroatoms. The van der Waals surface area contributed by atoms with Gasteiger partial charge in [0, 0.05) is 11.8 Å². The van der Waals surface area contributed by atoms with Gasteiger partial charge in [-0.05, 0) is 0 Å². The predicted octanol–water partition coefficient (Wildman–Crippen LogP) is 1.42. The van der Waals surface area contributed by atoms with Crippen LogP contribution >= 0.6 is 15.9 Å². The highest BCUT2D eigenvalue weighted by molar-refractivity contribution is 9.09. The summed E-state index contributed by atoms with van der Waals surface area (Å²) in [4.78, 5) is 0. The van der Waals surface area contributed by atoms with Crippen LogP contribution < -0.4 is 0 Å². The molecule has 0 aliphatic rings. The minimum Gasteiger partial charge on any atom is -0.267 e. The summed E-state index contributed by atoms with van der Waals surface area (Å²) in [5, 5.41) is 15.7. The van der Waals surface area contributed by atoms with Crippen molar-refractivity contribution >= 4 is 15.9 Å². The van der Waals surface area contributed by atoms with Gasteiger partial charge in [0.2, 0.25) is 0 Å². The van der Waals surface area contributed by atoms with E-state index < -0.39 is 0 Å². The Labute approximate surface area is 78.9 Å². The van der Waals surface area contributed by atoms with Crippen LogP contribution in [0.3, 0.4) is 0 Å². The number of halogens is 1. The molecule has 0 radical (unpaired) electrons. The Bertz CT molecular complexity index is 350. The van der Waals surface area contributed by atoms with Crippen molar-refractivity contribution in [1.29, 1.82) is 5.26 Å². The Morgan fingerprint density at radius 1 is 1.67 bits per heavy atom. The molecule has 12 heavy (non-hydrogen) atoms. The lowest BCUT2D eigenvalue weighted by Crippen LogP contribution is -1.77. The maximum absolute atomic E-state index is 8.57. The van der Waals surface area contributed by atoms with Crippen LogP contribution in [0.2, 0.25) is 0 Å². The second kappa shape index (κ2) is 4.58. The van der Waals surface area contributed by atoms with Crippen molar-refractivity contribution in [1.82, 2.24) is 10.2 Å². The lowest BCUT2D eigenvalue weighted by atomic mass is 10.2. The van der Waals surface area contributed by atoms with Crippen LogP contribution in [0.1, 0.15) is 17.7 Å². The average Bonchev–Trinajstić information content (AvgIpc) is 2.52. The zero-order valence-electron chi connectivity index (χ0n) is 6.26. The number of aromatic nitrogens is 2. The molecule has 0 spiro atoms. The van der Waals surface area contributed by atoms with Crippen LogP contribution in [0, 0.1) is 23.2 Å². The van der Waals surface area contributed by atoms with Gasteiger partial charge in [-0.3, -0.25) is 5.10 Å². The summed E-state index contributed by atoms with van der Waals surface area (Å²) in [5.41, 5.74) is 1.09. The van der Waals surface area contributed by atoms with Crippen LogP contribution in [-0.4, -0.2) is 15.5 Å². The fourth-order valence-electron chi connectivity index (χ4n) is 0.671. The Kier molecular flexibility index (Phi) is 3.37. The first kappa shape index (κ1) is 8.83. The van der Waals surface area contributed by atoms with Gasteiger partial charge in [0.15, 0.2) is 5.69 Å². The topological polar surface area (TPSA) is 52.5 Å². The van der Waals surface area contributed by atoms with E-state index in [-0.39, 0.29) is 0 Å². The maximum Gasteiger partial charge on any atom is 0.151 e. The van der Waals surface area contributed by atoms with E-state index in [1.54, 1.807) is 6.20 Å². The highest BCUT2D eigenvalue weighted by Gasteiger charge is 1.98. The number of nitriles is 1. The number of H-pyrrole nitrogens is 1. The molecule has 1 aromatic rings. The monoisotopic (exact) mass is 223 g/mol. The van der Waals surface area contributed by atoms with Crippen LogP contribution in [0.25, 0.3) is 0 Å². The summed E-state index contributed by atoms with van der Waals surface area (Å²) in [5.74, 6) is 5.75. The molecule has 0 aromatic carbocycles. The third-order valence-electron chi connectivity index (χ3n) is 1.19. The second-order valence-corrected chi connectivity index (χ2v) is 2.80. The van der Waals surface area contributed by atoms with Gasteiger partial charge in [-0.2, -0.15) is 10.4 Å². The molecule has 0 aliphatic heterocycles. The standard InChI is InChI=1S/C8H6BrN3/c9-4-2-1-3-7-6-11-12-8(7)5-10/h6H,2,4H2,(H,11,12). The summed E-state index contributed by atoms with van der Waals surface area (Å²) in [7, 11) is 0. The van der Waals surface area contributed by atoms with Gasteiger partial charge in [-0.25, -0.2) is 0 Å². The van der Waals surface area contributed by atoms with E-state index in [2.05, 4.69) is 38.0 Å². The van der Waals surface area contributed by atoms with Gasteiger partial charge in [0.1, 0.15) is 6.07 Å². The third kappa shape index (κ3) is 2.11. The minimum atomic E-state index is 0.428. The number of hydrogen-bond acceptors (Lipinski definition) is 2. The first-order valence-electron chi connectivity index (χ1n) is 3.36. The maximum atomic E-state index is 8.57. The molecule has 1 rings (SSSR count). The molecule has 0 amide bonds. The van der Waals surface area contributed by atoms with E-state index in [1.165, 1.54) is 0 Å². The molecule has 0 aliphatic carbocycles. The molecule has 1 heterocycles. The molecular formula is C8H6BrN3. The molecular weight excluding hydrogens is 218 g/mol. The molecule has 0 atom stereocenters. The van der Waals surface area contributed by atoms with Gasteiger partial charge in [-0.1, -0.05) is 27.8 Å². The molecule has 1 aromatic heterocycles. The van der Waals surface area contributed by atoms with Crippen molar-refractivity contribution in [2.24, 2.45) is 0 Å². The Morgan fingerprint density at radius 2 is 2.50 bits per heavy atom. The van der Waals surface area contributed by atoms with E-state index >= 15 is 0 Å². The van der Waals surface area contributed by atoms with Gasteiger partial charge < -0.3 is 0 Å². The zero-order valence-corrected chi connectivity index (χ0v) is 7.85. The number of nitrogens with zero attached hydrogens (tertiary/aromatic N) is 2. The van der Waals surface area contributed by atoms with Crippen molar-refractivity contribution in [2.45, 2.75) is 6.42 Å². The molecule has 0 saturated heterocycles. The molecule has 60 valence electrons. The van der Waals surface area contributed by atoms with Gasteiger partial charge in [-0.15, -0.1) is 0 Å². The zero-order chi connectivity index (χ0) is 8.81. The molecule has 0 saturated carbocycles. The Morgan fingerprint density at radius 3 is 3.17 bits per heavy atom. The average molecular weight is 224 g/mol. The van der Waals surface area contributed by atoms with Gasteiger partial charge >= 0.3 is 0 Å². The van der Waals surface area contributed by atoms with Crippen molar-refractivity contribution in [2.75, 3.05) is 5.33 Å². The van der Waals surface area contributed by atoms with Crippen LogP contribution in [0.15, 0.2) is 6.20 Å².